The van der Waals surface area contributed by atoms with Crippen molar-refractivity contribution in [1.82, 2.24) is 10.2 Å². The van der Waals surface area contributed by atoms with E-state index in [1.165, 1.54) is 5.56 Å². The van der Waals surface area contributed by atoms with E-state index in [-0.39, 0.29) is 6.09 Å². The van der Waals surface area contributed by atoms with E-state index in [1.54, 1.807) is 11.3 Å². The molecule has 6 heteroatoms. The van der Waals surface area contributed by atoms with Crippen LogP contribution >= 0.6 is 22.9 Å². The van der Waals surface area contributed by atoms with Gasteiger partial charge in [0.05, 0.1) is 4.34 Å². The van der Waals surface area contributed by atoms with Gasteiger partial charge in [0.15, 0.2) is 0 Å². The van der Waals surface area contributed by atoms with Crippen LogP contribution in [0.25, 0.3) is 0 Å². The van der Waals surface area contributed by atoms with Gasteiger partial charge in [0.2, 0.25) is 0 Å². The number of likely N-dealkylation sites (tertiary alicyclic amines) is 1. The average Bonchev–Trinajstić information content (AvgIpc) is 2.83. The van der Waals surface area contributed by atoms with Gasteiger partial charge in [0.25, 0.3) is 0 Å². The molecule has 1 aliphatic carbocycles. The van der Waals surface area contributed by atoms with Crippen LogP contribution in [-0.4, -0.2) is 35.7 Å². The Balaban J connectivity index is 1.48. The third-order valence-corrected chi connectivity index (χ3v) is 5.49. The molecule has 3 unspecified atom stereocenters. The molecule has 1 N–H and O–H groups in total. The zero-order valence-electron chi connectivity index (χ0n) is 13.4. The predicted octanol–water partition coefficient (Wildman–Crippen LogP) is 3.92. The summed E-state index contributed by atoms with van der Waals surface area (Å²) in [5.41, 5.74) is 0.817. The van der Waals surface area contributed by atoms with E-state index < -0.39 is 5.60 Å². The number of hydrogen-bond acceptors (Lipinski definition) is 4. The van der Waals surface area contributed by atoms with Gasteiger partial charge in [-0.2, -0.15) is 0 Å². The summed E-state index contributed by atoms with van der Waals surface area (Å²) < 4.78 is 6.26. The summed E-state index contributed by atoms with van der Waals surface area (Å²) in [4.78, 5) is 13.9. The lowest BCUT2D eigenvalue weighted by atomic mass is 10.2. The molecule has 0 aromatic carbocycles. The van der Waals surface area contributed by atoms with Gasteiger partial charge in [-0.15, -0.1) is 11.3 Å². The highest BCUT2D eigenvalue weighted by Gasteiger charge is 2.57. The number of nitrogens with one attached hydrogen (secondary N) is 1. The largest absolute Gasteiger partial charge is 0.444 e. The molecule has 3 rings (SSSR count). The minimum absolute atomic E-state index is 0.184. The summed E-state index contributed by atoms with van der Waals surface area (Å²) in [6, 6.07) is 2.83. The van der Waals surface area contributed by atoms with Gasteiger partial charge in [-0.05, 0) is 56.5 Å². The lowest BCUT2D eigenvalue weighted by molar-refractivity contribution is 0.0269. The Bertz CT molecular complexity index is 557. The second-order valence-electron chi connectivity index (χ2n) is 7.31. The van der Waals surface area contributed by atoms with Crippen LogP contribution in [0.4, 0.5) is 4.79 Å². The van der Waals surface area contributed by atoms with Crippen LogP contribution in [-0.2, 0) is 4.74 Å². The highest BCUT2D eigenvalue weighted by atomic mass is 35.5. The van der Waals surface area contributed by atoms with E-state index in [4.69, 9.17) is 16.3 Å². The molecule has 1 aromatic rings. The molecule has 22 heavy (non-hydrogen) atoms. The molecule has 0 radical (unpaired) electrons. The maximum Gasteiger partial charge on any atom is 0.410 e. The van der Waals surface area contributed by atoms with Gasteiger partial charge in [0, 0.05) is 25.2 Å². The molecule has 2 aliphatic rings. The number of ether oxygens (including phenoxy) is 1. The highest BCUT2D eigenvalue weighted by molar-refractivity contribution is 7.14. The maximum atomic E-state index is 12.1. The molecule has 4 nitrogen and oxygen atoms in total. The van der Waals surface area contributed by atoms with E-state index in [9.17, 15) is 4.79 Å². The molecule has 2 heterocycles. The summed E-state index contributed by atoms with van der Waals surface area (Å²) >= 11 is 7.56. The van der Waals surface area contributed by atoms with Crippen LogP contribution in [0, 0.1) is 11.8 Å². The van der Waals surface area contributed by atoms with Gasteiger partial charge < -0.3 is 15.0 Å². The van der Waals surface area contributed by atoms with Crippen molar-refractivity contribution in [3.8, 4) is 0 Å². The average molecular weight is 343 g/mol. The molecule has 0 bridgehead atoms. The summed E-state index contributed by atoms with van der Waals surface area (Å²) in [5, 5.41) is 5.76. The number of carbonyl (C=O) groups excluding carboxylic acids is 1. The number of amides is 1. The minimum atomic E-state index is -0.422. The van der Waals surface area contributed by atoms with Crippen LogP contribution in [0.1, 0.15) is 39.3 Å². The zero-order chi connectivity index (χ0) is 16.1. The van der Waals surface area contributed by atoms with Crippen molar-refractivity contribution in [3.63, 3.8) is 0 Å². The number of carbonyl (C=O) groups is 1. The summed E-state index contributed by atoms with van der Waals surface area (Å²) in [7, 11) is 0. The van der Waals surface area contributed by atoms with E-state index in [0.29, 0.717) is 23.9 Å². The first-order valence-electron chi connectivity index (χ1n) is 7.72. The van der Waals surface area contributed by atoms with Gasteiger partial charge >= 0.3 is 6.09 Å². The Kier molecular flexibility index (Phi) is 4.16. The number of piperidine rings is 1. The predicted molar refractivity (Wildman–Crippen MR) is 89.5 cm³/mol. The van der Waals surface area contributed by atoms with Crippen molar-refractivity contribution >= 4 is 29.0 Å². The van der Waals surface area contributed by atoms with E-state index in [1.807, 2.05) is 31.7 Å². The Morgan fingerprint density at radius 3 is 2.59 bits per heavy atom. The summed E-state index contributed by atoms with van der Waals surface area (Å²) in [5.74, 6) is 1.12. The fourth-order valence-corrected chi connectivity index (χ4v) is 4.17. The zero-order valence-corrected chi connectivity index (χ0v) is 15.0. The molecule has 1 saturated carbocycles. The topological polar surface area (TPSA) is 41.6 Å². The molecular formula is C16H23ClN2O2S. The second-order valence-corrected chi connectivity index (χ2v) is 8.85. The van der Waals surface area contributed by atoms with Crippen LogP contribution < -0.4 is 5.32 Å². The molecule has 1 aliphatic heterocycles. The van der Waals surface area contributed by atoms with Crippen LogP contribution in [0.2, 0.25) is 4.34 Å². The van der Waals surface area contributed by atoms with Crippen molar-refractivity contribution in [2.75, 3.05) is 13.1 Å². The van der Waals surface area contributed by atoms with E-state index in [2.05, 4.69) is 17.6 Å². The summed E-state index contributed by atoms with van der Waals surface area (Å²) in [6.07, 6.45) is -0.184. The standard InChI is InChI=1S/C16H23ClN2O2S/c1-9(10-5-13(17)22-8-10)18-14-11-6-19(7-12(11)14)15(20)21-16(2,3)4/h5,8-9,11-12,14,18H,6-7H2,1-4H3. The lowest BCUT2D eigenvalue weighted by Crippen LogP contribution is -2.39. The SMILES string of the molecule is CC(NC1C2CN(C(=O)OC(C)(C)C)CC21)c1csc(Cl)c1. The van der Waals surface area contributed by atoms with Crippen molar-refractivity contribution in [2.45, 2.75) is 45.4 Å². The quantitative estimate of drug-likeness (QED) is 0.905. The van der Waals surface area contributed by atoms with Crippen LogP contribution in [0.3, 0.4) is 0 Å². The normalized spacial score (nSPS) is 28.4. The highest BCUT2D eigenvalue weighted by Crippen LogP contribution is 2.47. The molecule has 0 spiro atoms. The molecule has 1 amide bonds. The lowest BCUT2D eigenvalue weighted by Gasteiger charge is -2.26. The van der Waals surface area contributed by atoms with Crippen molar-refractivity contribution in [3.05, 3.63) is 21.3 Å². The van der Waals surface area contributed by atoms with Gasteiger partial charge in [-0.1, -0.05) is 11.6 Å². The summed E-state index contributed by atoms with van der Waals surface area (Å²) in [6.45, 7) is 9.47. The minimum Gasteiger partial charge on any atom is -0.444 e. The first-order valence-corrected chi connectivity index (χ1v) is 8.98. The monoisotopic (exact) mass is 342 g/mol. The first-order chi connectivity index (χ1) is 10.2. The maximum absolute atomic E-state index is 12.1. The smallest absolute Gasteiger partial charge is 0.410 e. The van der Waals surface area contributed by atoms with Gasteiger partial charge in [0.1, 0.15) is 5.60 Å². The van der Waals surface area contributed by atoms with Crippen molar-refractivity contribution in [1.29, 1.82) is 0 Å². The fourth-order valence-electron chi connectivity index (χ4n) is 3.18. The fraction of sp³-hybridized carbons (Fsp3) is 0.688. The number of fused-ring (bicyclic) bond motifs is 1. The third-order valence-electron chi connectivity index (χ3n) is 4.38. The van der Waals surface area contributed by atoms with Crippen molar-refractivity contribution in [2.24, 2.45) is 11.8 Å². The molecule has 2 fully saturated rings. The Morgan fingerprint density at radius 2 is 2.09 bits per heavy atom. The number of nitrogens with zero attached hydrogens (tertiary/aromatic N) is 1. The molecule has 1 aromatic heterocycles. The Morgan fingerprint density at radius 1 is 1.45 bits per heavy atom. The molecule has 3 atom stereocenters. The first kappa shape index (κ1) is 16.1. The number of halogens is 1. The van der Waals surface area contributed by atoms with E-state index in [0.717, 1.165) is 17.4 Å². The molecular weight excluding hydrogens is 320 g/mol. The molecule has 1 saturated heterocycles. The van der Waals surface area contributed by atoms with Gasteiger partial charge in [-0.3, -0.25) is 0 Å². The van der Waals surface area contributed by atoms with Crippen molar-refractivity contribution < 1.29 is 9.53 Å². The van der Waals surface area contributed by atoms with Crippen LogP contribution in [0.5, 0.6) is 0 Å². The molecule has 122 valence electrons. The third kappa shape index (κ3) is 3.42. The Hall–Kier alpha value is -0.780. The Labute approximate surface area is 140 Å². The number of rotatable bonds is 3. The number of hydrogen-bond donors (Lipinski definition) is 1. The van der Waals surface area contributed by atoms with E-state index >= 15 is 0 Å². The number of thiophene rings is 1. The van der Waals surface area contributed by atoms with Crippen LogP contribution in [0.15, 0.2) is 11.4 Å². The second kappa shape index (κ2) is 5.69. The van der Waals surface area contributed by atoms with Gasteiger partial charge in [-0.25, -0.2) is 4.79 Å².